The zero-order valence-electron chi connectivity index (χ0n) is 16.8. The van der Waals surface area contributed by atoms with Gasteiger partial charge in [0.15, 0.2) is 0 Å². The van der Waals surface area contributed by atoms with Gasteiger partial charge in [0.1, 0.15) is 0 Å². The van der Waals surface area contributed by atoms with Gasteiger partial charge in [-0.15, -0.1) is 0 Å². The smallest absolute Gasteiger partial charge is 0.207 e. The summed E-state index contributed by atoms with van der Waals surface area (Å²) < 4.78 is 54.4. The molecule has 0 fully saturated rings. The van der Waals surface area contributed by atoms with E-state index in [0.29, 0.717) is 19.5 Å². The van der Waals surface area contributed by atoms with E-state index in [9.17, 15) is 16.8 Å². The molecule has 0 radical (unpaired) electrons. The third-order valence-corrected chi connectivity index (χ3v) is 7.64. The highest BCUT2D eigenvalue weighted by Crippen LogP contribution is 2.28. The second-order valence-electron chi connectivity index (χ2n) is 8.29. The number of sulfonamides is 2. The highest BCUT2D eigenvalue weighted by Gasteiger charge is 2.31. The summed E-state index contributed by atoms with van der Waals surface area (Å²) in [5.41, 5.74) is -0.656. The molecule has 0 bridgehead atoms. The van der Waals surface area contributed by atoms with Crippen LogP contribution in [-0.4, -0.2) is 39.8 Å². The molecule has 0 aliphatic carbocycles. The number of benzene rings is 1. The Bertz CT molecular complexity index is 802. The average molecular weight is 405 g/mol. The summed E-state index contributed by atoms with van der Waals surface area (Å²) >= 11 is 0. The van der Waals surface area contributed by atoms with Gasteiger partial charge in [0, 0.05) is 18.6 Å². The van der Waals surface area contributed by atoms with Crippen LogP contribution in [0.3, 0.4) is 0 Å². The summed E-state index contributed by atoms with van der Waals surface area (Å²) in [4.78, 5) is 0.145. The maximum atomic E-state index is 12.7. The van der Waals surface area contributed by atoms with E-state index in [2.05, 4.69) is 25.5 Å². The molecular weight excluding hydrogens is 372 g/mol. The molecule has 6 nitrogen and oxygen atoms in total. The summed E-state index contributed by atoms with van der Waals surface area (Å²) in [6.45, 7) is 14.1. The van der Waals surface area contributed by atoms with Crippen molar-refractivity contribution in [3.05, 3.63) is 24.3 Å². The Morgan fingerprint density at radius 3 is 1.65 bits per heavy atom. The Labute approximate surface area is 159 Å². The quantitative estimate of drug-likeness (QED) is 0.721. The first kappa shape index (κ1) is 23.1. The molecule has 0 amide bonds. The van der Waals surface area contributed by atoms with Crippen LogP contribution < -0.4 is 4.72 Å². The molecule has 0 aliphatic rings. The average Bonchev–Trinajstić information content (AvgIpc) is 2.44. The molecule has 26 heavy (non-hydrogen) atoms. The van der Waals surface area contributed by atoms with Crippen molar-refractivity contribution in [2.24, 2.45) is 5.41 Å². The van der Waals surface area contributed by atoms with E-state index in [0.717, 1.165) is 0 Å². The zero-order chi connectivity index (χ0) is 20.4. The first-order valence-corrected chi connectivity index (χ1v) is 11.7. The minimum Gasteiger partial charge on any atom is -0.207 e. The van der Waals surface area contributed by atoms with Gasteiger partial charge in [-0.05, 0) is 49.9 Å². The second kappa shape index (κ2) is 7.96. The van der Waals surface area contributed by atoms with Crippen molar-refractivity contribution in [1.29, 1.82) is 0 Å². The molecule has 0 unspecified atom stereocenters. The van der Waals surface area contributed by atoms with Crippen LogP contribution in [-0.2, 0) is 20.0 Å². The monoisotopic (exact) mass is 404 g/mol. The molecule has 8 heteroatoms. The van der Waals surface area contributed by atoms with Gasteiger partial charge < -0.3 is 0 Å². The van der Waals surface area contributed by atoms with E-state index in [1.807, 2.05) is 13.8 Å². The molecule has 1 rings (SSSR count). The third kappa shape index (κ3) is 6.04. The highest BCUT2D eigenvalue weighted by molar-refractivity contribution is 7.89. The second-order valence-corrected chi connectivity index (χ2v) is 11.9. The fourth-order valence-electron chi connectivity index (χ4n) is 3.29. The van der Waals surface area contributed by atoms with Gasteiger partial charge in [-0.1, -0.05) is 34.6 Å². The van der Waals surface area contributed by atoms with Crippen molar-refractivity contribution in [2.45, 2.75) is 70.2 Å². The molecule has 1 aromatic rings. The lowest BCUT2D eigenvalue weighted by Gasteiger charge is -2.33. The van der Waals surface area contributed by atoms with Gasteiger partial charge in [-0.2, -0.15) is 4.31 Å². The van der Waals surface area contributed by atoms with E-state index >= 15 is 0 Å². The predicted molar refractivity (Wildman–Crippen MR) is 105 cm³/mol. The van der Waals surface area contributed by atoms with E-state index in [4.69, 9.17) is 0 Å². The van der Waals surface area contributed by atoms with E-state index in [1.165, 1.54) is 28.6 Å². The SMILES string of the molecule is CCN(CC)S(=O)(=O)c1ccc(S(=O)(=O)NC(C)(C)CC(C)(C)C)cc1. The van der Waals surface area contributed by atoms with Gasteiger partial charge in [-0.3, -0.25) is 0 Å². The fourth-order valence-corrected chi connectivity index (χ4v) is 6.16. The van der Waals surface area contributed by atoms with Gasteiger partial charge >= 0.3 is 0 Å². The lowest BCUT2D eigenvalue weighted by atomic mass is 9.82. The standard InChI is InChI=1S/C18H32N2O4S2/c1-8-20(9-2)26(23,24)16-12-10-15(11-13-16)25(21,22)19-18(6,7)14-17(3,4)5/h10-13,19H,8-9,14H2,1-7H3. The Morgan fingerprint density at radius 1 is 0.846 bits per heavy atom. The van der Waals surface area contributed by atoms with Crippen LogP contribution in [0, 0.1) is 5.41 Å². The number of nitrogens with zero attached hydrogens (tertiary/aromatic N) is 1. The first-order valence-electron chi connectivity index (χ1n) is 8.79. The summed E-state index contributed by atoms with van der Waals surface area (Å²) in [5.74, 6) is 0. The molecule has 1 N–H and O–H groups in total. The van der Waals surface area contributed by atoms with Crippen LogP contribution in [0.2, 0.25) is 0 Å². The number of rotatable bonds is 8. The number of hydrogen-bond acceptors (Lipinski definition) is 4. The molecule has 150 valence electrons. The molecular formula is C18H32N2O4S2. The minimum absolute atomic E-state index is 0.0340. The van der Waals surface area contributed by atoms with E-state index < -0.39 is 25.6 Å². The molecule has 0 aliphatic heterocycles. The lowest BCUT2D eigenvalue weighted by Crippen LogP contribution is -2.45. The van der Waals surface area contributed by atoms with Crippen LogP contribution in [0.25, 0.3) is 0 Å². The van der Waals surface area contributed by atoms with Crippen LogP contribution in [0.1, 0.15) is 54.9 Å². The Kier molecular flexibility index (Phi) is 7.07. The topological polar surface area (TPSA) is 83.6 Å². The van der Waals surface area contributed by atoms with Crippen molar-refractivity contribution in [3.8, 4) is 0 Å². The molecule has 1 aromatic carbocycles. The van der Waals surface area contributed by atoms with Gasteiger partial charge in [0.2, 0.25) is 20.0 Å². The third-order valence-electron chi connectivity index (χ3n) is 3.86. The molecule has 0 saturated carbocycles. The highest BCUT2D eigenvalue weighted by atomic mass is 32.2. The predicted octanol–water partition coefficient (Wildman–Crippen LogP) is 3.21. The first-order chi connectivity index (χ1) is 11.6. The van der Waals surface area contributed by atoms with E-state index in [1.54, 1.807) is 13.8 Å². The molecule has 0 saturated heterocycles. The summed E-state index contributed by atoms with van der Waals surface area (Å²) in [5, 5.41) is 0. The van der Waals surface area contributed by atoms with Crippen molar-refractivity contribution < 1.29 is 16.8 Å². The van der Waals surface area contributed by atoms with Gasteiger partial charge in [-0.25, -0.2) is 21.6 Å². The molecule has 0 spiro atoms. The van der Waals surface area contributed by atoms with Crippen molar-refractivity contribution in [3.63, 3.8) is 0 Å². The number of nitrogens with one attached hydrogen (secondary N) is 1. The summed E-state index contributed by atoms with van der Waals surface area (Å²) in [6, 6.07) is 5.37. The van der Waals surface area contributed by atoms with E-state index in [-0.39, 0.29) is 15.2 Å². The Morgan fingerprint density at radius 2 is 1.27 bits per heavy atom. The molecule has 0 heterocycles. The van der Waals surface area contributed by atoms with Crippen LogP contribution in [0.5, 0.6) is 0 Å². The van der Waals surface area contributed by atoms with Crippen LogP contribution in [0.4, 0.5) is 0 Å². The van der Waals surface area contributed by atoms with Gasteiger partial charge in [0.05, 0.1) is 9.79 Å². The fraction of sp³-hybridized carbons (Fsp3) is 0.667. The molecule has 0 aromatic heterocycles. The van der Waals surface area contributed by atoms with Crippen molar-refractivity contribution in [1.82, 2.24) is 9.03 Å². The minimum atomic E-state index is -3.74. The summed E-state index contributed by atoms with van der Waals surface area (Å²) in [6.07, 6.45) is 0.660. The maximum absolute atomic E-state index is 12.7. The normalized spacial score (nSPS) is 14.0. The van der Waals surface area contributed by atoms with Crippen molar-refractivity contribution >= 4 is 20.0 Å². The maximum Gasteiger partial charge on any atom is 0.243 e. The Balaban J connectivity index is 3.11. The summed E-state index contributed by atoms with van der Waals surface area (Å²) in [7, 11) is -7.35. The lowest BCUT2D eigenvalue weighted by molar-refractivity contribution is 0.269. The Hall–Kier alpha value is -0.960. The van der Waals surface area contributed by atoms with Crippen molar-refractivity contribution in [2.75, 3.05) is 13.1 Å². The van der Waals surface area contributed by atoms with Crippen LogP contribution in [0.15, 0.2) is 34.1 Å². The largest absolute Gasteiger partial charge is 0.243 e. The number of hydrogen-bond donors (Lipinski definition) is 1. The van der Waals surface area contributed by atoms with Gasteiger partial charge in [0.25, 0.3) is 0 Å². The zero-order valence-corrected chi connectivity index (χ0v) is 18.5. The van der Waals surface area contributed by atoms with Crippen LogP contribution >= 0.6 is 0 Å². The molecule has 0 atom stereocenters.